The summed E-state index contributed by atoms with van der Waals surface area (Å²) in [5.74, 6) is 2.12. The van der Waals surface area contributed by atoms with Crippen LogP contribution in [0.4, 0.5) is 11.6 Å². The van der Waals surface area contributed by atoms with E-state index in [0.717, 1.165) is 70.4 Å². The fraction of sp³-hybridized carbons (Fsp3) is 0.571. The van der Waals surface area contributed by atoms with Gasteiger partial charge in [0.05, 0.1) is 0 Å². The van der Waals surface area contributed by atoms with Crippen molar-refractivity contribution in [1.29, 1.82) is 0 Å². The van der Waals surface area contributed by atoms with Gasteiger partial charge in [-0.25, -0.2) is 0 Å². The Kier molecular flexibility index (Phi) is 6.30. The molecule has 1 amide bonds. The molecular weight excluding hydrogens is 384 g/mol. The SMILES string of the molecule is Cc1ccsc1CCC(=O)N1CCN(c2ccc(N3CCN(C)CC3)nn2)CC1. The summed E-state index contributed by atoms with van der Waals surface area (Å²) in [7, 11) is 2.15. The minimum atomic E-state index is 0.258. The van der Waals surface area contributed by atoms with Crippen molar-refractivity contribution in [2.24, 2.45) is 0 Å². The molecule has 0 radical (unpaired) electrons. The van der Waals surface area contributed by atoms with E-state index in [1.807, 2.05) is 4.90 Å². The van der Waals surface area contributed by atoms with Crippen LogP contribution in [0.1, 0.15) is 16.9 Å². The maximum Gasteiger partial charge on any atom is 0.223 e. The third-order valence-corrected chi connectivity index (χ3v) is 7.04. The van der Waals surface area contributed by atoms with E-state index in [1.165, 1.54) is 10.4 Å². The van der Waals surface area contributed by atoms with Crippen LogP contribution in [0.5, 0.6) is 0 Å². The van der Waals surface area contributed by atoms with Crippen LogP contribution in [0.3, 0.4) is 0 Å². The van der Waals surface area contributed by atoms with Gasteiger partial charge in [-0.2, -0.15) is 0 Å². The van der Waals surface area contributed by atoms with Gasteiger partial charge in [0.25, 0.3) is 0 Å². The second-order valence-corrected chi connectivity index (χ2v) is 8.94. The highest BCUT2D eigenvalue weighted by Gasteiger charge is 2.23. The van der Waals surface area contributed by atoms with E-state index in [2.05, 4.69) is 62.4 Å². The third kappa shape index (κ3) is 4.87. The molecule has 29 heavy (non-hydrogen) atoms. The van der Waals surface area contributed by atoms with Crippen molar-refractivity contribution in [3.05, 3.63) is 34.0 Å². The number of anilines is 2. The van der Waals surface area contributed by atoms with Gasteiger partial charge in [0.2, 0.25) is 5.91 Å². The van der Waals surface area contributed by atoms with Crippen LogP contribution in [-0.2, 0) is 11.2 Å². The number of piperazine rings is 2. The van der Waals surface area contributed by atoms with Crippen LogP contribution in [0.25, 0.3) is 0 Å². The number of nitrogens with zero attached hydrogens (tertiary/aromatic N) is 6. The first-order chi connectivity index (χ1) is 14.1. The maximum atomic E-state index is 12.6. The van der Waals surface area contributed by atoms with Gasteiger partial charge in [-0.05, 0) is 49.5 Å². The number of carbonyl (C=O) groups excluding carboxylic acids is 1. The van der Waals surface area contributed by atoms with E-state index < -0.39 is 0 Å². The van der Waals surface area contributed by atoms with Gasteiger partial charge < -0.3 is 19.6 Å². The normalized spacial score (nSPS) is 18.3. The molecule has 2 aromatic rings. The molecule has 0 N–H and O–H groups in total. The number of hydrogen-bond acceptors (Lipinski definition) is 7. The van der Waals surface area contributed by atoms with Crippen LogP contribution >= 0.6 is 11.3 Å². The van der Waals surface area contributed by atoms with E-state index >= 15 is 0 Å². The summed E-state index contributed by atoms with van der Waals surface area (Å²) in [6.45, 7) is 9.36. The highest BCUT2D eigenvalue weighted by molar-refractivity contribution is 7.10. The molecule has 2 aliphatic rings. The topological polar surface area (TPSA) is 55.8 Å². The number of aromatic nitrogens is 2. The Bertz CT molecular complexity index is 807. The molecule has 0 unspecified atom stereocenters. The van der Waals surface area contributed by atoms with Crippen LogP contribution in [0.15, 0.2) is 23.6 Å². The molecule has 0 aliphatic carbocycles. The van der Waals surface area contributed by atoms with Crippen molar-refractivity contribution in [3.8, 4) is 0 Å². The summed E-state index contributed by atoms with van der Waals surface area (Å²) in [5, 5.41) is 11.0. The highest BCUT2D eigenvalue weighted by Crippen LogP contribution is 2.20. The van der Waals surface area contributed by atoms with Crippen LogP contribution in [0, 0.1) is 6.92 Å². The Hall–Kier alpha value is -2.19. The monoisotopic (exact) mass is 414 g/mol. The second kappa shape index (κ2) is 9.09. The second-order valence-electron chi connectivity index (χ2n) is 7.93. The molecule has 2 saturated heterocycles. The summed E-state index contributed by atoms with van der Waals surface area (Å²) >= 11 is 1.75. The van der Waals surface area contributed by atoms with Crippen molar-refractivity contribution >= 4 is 28.9 Å². The van der Waals surface area contributed by atoms with Gasteiger partial charge in [0.15, 0.2) is 11.6 Å². The minimum Gasteiger partial charge on any atom is -0.353 e. The smallest absolute Gasteiger partial charge is 0.223 e. The Labute approximate surface area is 176 Å². The molecule has 7 nitrogen and oxygen atoms in total. The molecule has 156 valence electrons. The van der Waals surface area contributed by atoms with Gasteiger partial charge >= 0.3 is 0 Å². The van der Waals surface area contributed by atoms with Gasteiger partial charge in [-0.3, -0.25) is 4.79 Å². The molecule has 2 aromatic heterocycles. The minimum absolute atomic E-state index is 0.258. The largest absolute Gasteiger partial charge is 0.353 e. The average Bonchev–Trinajstić information content (AvgIpc) is 3.17. The number of carbonyl (C=O) groups is 1. The Balaban J connectivity index is 1.26. The number of hydrogen-bond donors (Lipinski definition) is 0. The third-order valence-electron chi connectivity index (χ3n) is 5.95. The van der Waals surface area contributed by atoms with E-state index in [4.69, 9.17) is 0 Å². The molecule has 4 rings (SSSR count). The molecule has 2 aliphatic heterocycles. The van der Waals surface area contributed by atoms with Gasteiger partial charge in [-0.1, -0.05) is 0 Å². The number of thiophene rings is 1. The zero-order valence-electron chi connectivity index (χ0n) is 17.4. The predicted octanol–water partition coefficient (Wildman–Crippen LogP) is 1.88. The lowest BCUT2D eigenvalue weighted by Crippen LogP contribution is -2.49. The van der Waals surface area contributed by atoms with Crippen LogP contribution in [-0.4, -0.2) is 85.3 Å². The summed E-state index contributed by atoms with van der Waals surface area (Å²) in [6, 6.07) is 6.27. The molecule has 8 heteroatoms. The zero-order valence-corrected chi connectivity index (χ0v) is 18.2. The van der Waals surface area contributed by atoms with Crippen molar-refractivity contribution < 1.29 is 4.79 Å². The number of rotatable bonds is 5. The Morgan fingerprint density at radius 1 is 0.931 bits per heavy atom. The first-order valence-electron chi connectivity index (χ1n) is 10.4. The molecule has 4 heterocycles. The molecule has 0 spiro atoms. The number of aryl methyl sites for hydroxylation is 2. The molecule has 0 saturated carbocycles. The standard InChI is InChI=1S/C21H30N6OS/c1-17-7-16-29-18(17)3-6-21(28)27-14-12-26(13-15-27)20-5-4-19(22-23-20)25-10-8-24(2)9-11-25/h4-5,7,16H,3,6,8-15H2,1-2H3. The summed E-state index contributed by atoms with van der Waals surface area (Å²) in [6.07, 6.45) is 1.45. The fourth-order valence-corrected chi connectivity index (χ4v) is 4.83. The van der Waals surface area contributed by atoms with Crippen molar-refractivity contribution in [1.82, 2.24) is 20.0 Å². The zero-order chi connectivity index (χ0) is 20.2. The quantitative estimate of drug-likeness (QED) is 0.745. The molecule has 0 atom stereocenters. The van der Waals surface area contributed by atoms with Gasteiger partial charge in [0, 0.05) is 63.7 Å². The van der Waals surface area contributed by atoms with Gasteiger partial charge in [0.1, 0.15) is 0 Å². The molecule has 2 fully saturated rings. The van der Waals surface area contributed by atoms with E-state index in [1.54, 1.807) is 11.3 Å². The Morgan fingerprint density at radius 2 is 1.52 bits per heavy atom. The number of amides is 1. The lowest BCUT2D eigenvalue weighted by atomic mass is 10.2. The predicted molar refractivity (Wildman–Crippen MR) is 118 cm³/mol. The maximum absolute atomic E-state index is 12.6. The van der Waals surface area contributed by atoms with Crippen LogP contribution < -0.4 is 9.80 Å². The van der Waals surface area contributed by atoms with Crippen LogP contribution in [0.2, 0.25) is 0 Å². The van der Waals surface area contributed by atoms with Crippen molar-refractivity contribution in [2.75, 3.05) is 69.2 Å². The fourth-order valence-electron chi connectivity index (χ4n) is 3.91. The first-order valence-corrected chi connectivity index (χ1v) is 11.3. The molecule has 0 bridgehead atoms. The average molecular weight is 415 g/mol. The summed E-state index contributed by atoms with van der Waals surface area (Å²) in [4.78, 5) is 22.7. The summed E-state index contributed by atoms with van der Waals surface area (Å²) < 4.78 is 0. The lowest BCUT2D eigenvalue weighted by molar-refractivity contribution is -0.131. The number of likely N-dealkylation sites (N-methyl/N-ethyl adjacent to an activating group) is 1. The van der Waals surface area contributed by atoms with Crippen molar-refractivity contribution in [2.45, 2.75) is 19.8 Å². The van der Waals surface area contributed by atoms with E-state index in [0.29, 0.717) is 6.42 Å². The molecule has 0 aromatic carbocycles. The summed E-state index contributed by atoms with van der Waals surface area (Å²) in [5.41, 5.74) is 1.30. The molecular formula is C21H30N6OS. The van der Waals surface area contributed by atoms with E-state index in [9.17, 15) is 4.79 Å². The lowest BCUT2D eigenvalue weighted by Gasteiger charge is -2.36. The van der Waals surface area contributed by atoms with E-state index in [-0.39, 0.29) is 5.91 Å². The first kappa shape index (κ1) is 20.1. The van der Waals surface area contributed by atoms with Crippen molar-refractivity contribution in [3.63, 3.8) is 0 Å². The highest BCUT2D eigenvalue weighted by atomic mass is 32.1. The Morgan fingerprint density at radius 3 is 2.03 bits per heavy atom. The van der Waals surface area contributed by atoms with Gasteiger partial charge in [-0.15, -0.1) is 21.5 Å².